The van der Waals surface area contributed by atoms with Gasteiger partial charge in [0.25, 0.3) is 0 Å². The summed E-state index contributed by atoms with van der Waals surface area (Å²) in [6, 6.07) is 13.3. The van der Waals surface area contributed by atoms with Crippen LogP contribution in [-0.4, -0.2) is 0 Å². The third-order valence-corrected chi connectivity index (χ3v) is 2.96. The lowest BCUT2D eigenvalue weighted by molar-refractivity contribution is 1.37. The van der Waals surface area contributed by atoms with E-state index in [0.717, 1.165) is 0 Å². The topological polar surface area (TPSA) is 0 Å². The molecule has 0 amide bonds. The van der Waals surface area contributed by atoms with Gasteiger partial charge in [-0.2, -0.15) is 0 Å². The Bertz CT molecular complexity index is 495. The van der Waals surface area contributed by atoms with Crippen molar-refractivity contribution < 1.29 is 0 Å². The third-order valence-electron chi connectivity index (χ3n) is 2.96. The Labute approximate surface area is 110 Å². The summed E-state index contributed by atoms with van der Waals surface area (Å²) in [5, 5.41) is 0. The molecule has 18 heavy (non-hydrogen) atoms. The number of hydrogen-bond acceptors (Lipinski definition) is 0. The maximum atomic E-state index is 2.21. The van der Waals surface area contributed by atoms with Crippen LogP contribution in [0.3, 0.4) is 0 Å². The van der Waals surface area contributed by atoms with Crippen molar-refractivity contribution >= 4 is 12.2 Å². The monoisotopic (exact) mass is 236 g/mol. The molecule has 0 spiro atoms. The summed E-state index contributed by atoms with van der Waals surface area (Å²) < 4.78 is 0. The van der Waals surface area contributed by atoms with Gasteiger partial charge < -0.3 is 0 Å². The van der Waals surface area contributed by atoms with E-state index in [4.69, 9.17) is 0 Å². The number of benzene rings is 2. The van der Waals surface area contributed by atoms with Crippen LogP contribution >= 0.6 is 0 Å². The molecule has 92 valence electrons. The zero-order valence-corrected chi connectivity index (χ0v) is 11.6. The van der Waals surface area contributed by atoms with Crippen LogP contribution in [0.2, 0.25) is 0 Å². The quantitative estimate of drug-likeness (QED) is 0.637. The molecule has 0 bridgehead atoms. The van der Waals surface area contributed by atoms with E-state index in [1.807, 2.05) is 0 Å². The molecule has 2 aromatic carbocycles. The second kappa shape index (κ2) is 5.22. The Hall–Kier alpha value is -1.82. The van der Waals surface area contributed by atoms with Gasteiger partial charge in [-0.1, -0.05) is 70.8 Å². The maximum Gasteiger partial charge on any atom is -0.0251 e. The molecule has 0 aliphatic rings. The summed E-state index contributed by atoms with van der Waals surface area (Å²) in [7, 11) is 0. The third kappa shape index (κ3) is 3.33. The standard InChI is InChI=1S/C18H20/c1-13-7-14(2)10-17(9-13)5-6-18-11-15(3)8-16(4)12-18/h5-12H,1-4H3. The Morgan fingerprint density at radius 1 is 0.500 bits per heavy atom. The first-order valence-corrected chi connectivity index (χ1v) is 6.37. The van der Waals surface area contributed by atoms with Crippen molar-refractivity contribution in [3.8, 4) is 0 Å². The van der Waals surface area contributed by atoms with E-state index in [2.05, 4.69) is 76.2 Å². The molecule has 0 aliphatic carbocycles. The SMILES string of the molecule is Cc1cc(C)cc(C=Cc2cc(C)cc(C)c2)c1. The van der Waals surface area contributed by atoms with Crippen molar-refractivity contribution in [2.45, 2.75) is 27.7 Å². The number of hydrogen-bond donors (Lipinski definition) is 0. The van der Waals surface area contributed by atoms with Crippen molar-refractivity contribution in [2.24, 2.45) is 0 Å². The maximum absolute atomic E-state index is 2.21. The molecule has 0 heteroatoms. The van der Waals surface area contributed by atoms with Crippen LogP contribution in [0.4, 0.5) is 0 Å². The van der Waals surface area contributed by atoms with E-state index in [-0.39, 0.29) is 0 Å². The van der Waals surface area contributed by atoms with Gasteiger partial charge in [-0.25, -0.2) is 0 Å². The zero-order chi connectivity index (χ0) is 13.1. The van der Waals surface area contributed by atoms with Gasteiger partial charge in [-0.05, 0) is 38.8 Å². The van der Waals surface area contributed by atoms with Gasteiger partial charge in [-0.3, -0.25) is 0 Å². The molecule has 2 rings (SSSR count). The van der Waals surface area contributed by atoms with Crippen LogP contribution in [-0.2, 0) is 0 Å². The molecule has 0 heterocycles. The van der Waals surface area contributed by atoms with Crippen LogP contribution in [0.1, 0.15) is 33.4 Å². The summed E-state index contributed by atoms with van der Waals surface area (Å²) in [5.74, 6) is 0. The largest absolute Gasteiger partial charge is 0.0563 e. The molecule has 0 aliphatic heterocycles. The van der Waals surface area contributed by atoms with Crippen molar-refractivity contribution in [1.82, 2.24) is 0 Å². The second-order valence-electron chi connectivity index (χ2n) is 5.18. The minimum absolute atomic E-state index is 1.27. The van der Waals surface area contributed by atoms with Gasteiger partial charge >= 0.3 is 0 Å². The van der Waals surface area contributed by atoms with Gasteiger partial charge in [0, 0.05) is 0 Å². The highest BCUT2D eigenvalue weighted by molar-refractivity contribution is 5.70. The summed E-state index contributed by atoms with van der Waals surface area (Å²) in [6.07, 6.45) is 4.38. The number of aryl methyl sites for hydroxylation is 4. The molecular formula is C18H20. The van der Waals surface area contributed by atoms with E-state index < -0.39 is 0 Å². The second-order valence-corrected chi connectivity index (χ2v) is 5.18. The molecule has 0 nitrogen and oxygen atoms in total. The van der Waals surface area contributed by atoms with Crippen LogP contribution in [0.5, 0.6) is 0 Å². The highest BCUT2D eigenvalue weighted by Gasteiger charge is 1.94. The Kier molecular flexibility index (Phi) is 3.66. The van der Waals surface area contributed by atoms with Crippen LogP contribution < -0.4 is 0 Å². The highest BCUT2D eigenvalue weighted by atomic mass is 14.0. The predicted molar refractivity (Wildman–Crippen MR) is 80.8 cm³/mol. The minimum Gasteiger partial charge on any atom is -0.0563 e. The fraction of sp³-hybridized carbons (Fsp3) is 0.222. The van der Waals surface area contributed by atoms with Crippen LogP contribution in [0.15, 0.2) is 36.4 Å². The van der Waals surface area contributed by atoms with Gasteiger partial charge in [0.2, 0.25) is 0 Å². The van der Waals surface area contributed by atoms with E-state index in [9.17, 15) is 0 Å². The smallest absolute Gasteiger partial charge is 0.0251 e. The molecule has 0 aromatic heterocycles. The zero-order valence-electron chi connectivity index (χ0n) is 11.6. The molecule has 0 saturated heterocycles. The van der Waals surface area contributed by atoms with Crippen molar-refractivity contribution in [3.63, 3.8) is 0 Å². The summed E-state index contributed by atoms with van der Waals surface area (Å²) in [5.41, 5.74) is 7.80. The normalized spacial score (nSPS) is 11.1. The Balaban J connectivity index is 2.29. The number of rotatable bonds is 2. The van der Waals surface area contributed by atoms with E-state index in [0.29, 0.717) is 0 Å². The molecule has 0 unspecified atom stereocenters. The van der Waals surface area contributed by atoms with Crippen molar-refractivity contribution in [3.05, 3.63) is 69.8 Å². The van der Waals surface area contributed by atoms with E-state index >= 15 is 0 Å². The molecule has 0 saturated carbocycles. The lowest BCUT2D eigenvalue weighted by Crippen LogP contribution is -1.82. The van der Waals surface area contributed by atoms with E-state index in [1.54, 1.807) is 0 Å². The first-order valence-electron chi connectivity index (χ1n) is 6.37. The molecule has 0 N–H and O–H groups in total. The molecule has 0 atom stereocenters. The lowest BCUT2D eigenvalue weighted by Gasteiger charge is -2.02. The van der Waals surface area contributed by atoms with Crippen molar-refractivity contribution in [2.75, 3.05) is 0 Å². The van der Waals surface area contributed by atoms with Gasteiger partial charge in [0.15, 0.2) is 0 Å². The highest BCUT2D eigenvalue weighted by Crippen LogP contribution is 2.15. The minimum atomic E-state index is 1.27. The van der Waals surface area contributed by atoms with Crippen LogP contribution in [0, 0.1) is 27.7 Å². The Morgan fingerprint density at radius 2 is 0.778 bits per heavy atom. The van der Waals surface area contributed by atoms with Gasteiger partial charge in [-0.15, -0.1) is 0 Å². The first kappa shape index (κ1) is 12.6. The lowest BCUT2D eigenvalue weighted by atomic mass is 10.0. The fourth-order valence-electron chi connectivity index (χ4n) is 2.40. The van der Waals surface area contributed by atoms with Gasteiger partial charge in [0.05, 0.1) is 0 Å². The average molecular weight is 236 g/mol. The van der Waals surface area contributed by atoms with Crippen molar-refractivity contribution in [1.29, 1.82) is 0 Å². The van der Waals surface area contributed by atoms with E-state index in [1.165, 1.54) is 33.4 Å². The summed E-state index contributed by atoms with van der Waals surface area (Å²) in [4.78, 5) is 0. The molecular weight excluding hydrogens is 216 g/mol. The molecule has 0 radical (unpaired) electrons. The van der Waals surface area contributed by atoms with Crippen LogP contribution in [0.25, 0.3) is 12.2 Å². The Morgan fingerprint density at radius 3 is 1.06 bits per heavy atom. The predicted octanol–water partition coefficient (Wildman–Crippen LogP) is 5.09. The summed E-state index contributed by atoms with van der Waals surface area (Å²) in [6.45, 7) is 8.56. The average Bonchev–Trinajstić information content (AvgIpc) is 2.23. The van der Waals surface area contributed by atoms with Gasteiger partial charge in [0.1, 0.15) is 0 Å². The summed E-state index contributed by atoms with van der Waals surface area (Å²) >= 11 is 0. The fourth-order valence-corrected chi connectivity index (χ4v) is 2.40. The first-order chi connectivity index (χ1) is 8.52. The molecule has 2 aromatic rings. The molecule has 0 fully saturated rings.